The summed E-state index contributed by atoms with van der Waals surface area (Å²) in [6, 6.07) is 0. The largest absolute Gasteiger partial charge is 0.506 e. The number of aromatic hydroxyl groups is 1. The van der Waals surface area contributed by atoms with Crippen LogP contribution in [0.1, 0.15) is 47.9 Å². The van der Waals surface area contributed by atoms with E-state index in [1.807, 2.05) is 0 Å². The number of phenolic OH excluding ortho intramolecular Hbond substituents is 1. The van der Waals surface area contributed by atoms with Crippen LogP contribution in [0.4, 0.5) is 0 Å². The third kappa shape index (κ3) is 2.11. The maximum absolute atomic E-state index is 10.3. The van der Waals surface area contributed by atoms with Gasteiger partial charge in [-0.2, -0.15) is 0 Å². The molecule has 0 saturated carbocycles. The second kappa shape index (κ2) is 4.99. The fourth-order valence-electron chi connectivity index (χ4n) is 2.88. The van der Waals surface area contributed by atoms with Gasteiger partial charge in [0.15, 0.2) is 0 Å². The summed E-state index contributed by atoms with van der Waals surface area (Å²) in [6.07, 6.45) is 4.67. The lowest BCUT2D eigenvalue weighted by Gasteiger charge is -2.25. The quantitative estimate of drug-likeness (QED) is 0.879. The lowest BCUT2D eigenvalue weighted by atomic mass is 9.83. The number of hydrogen-bond donors (Lipinski definition) is 2. The first-order chi connectivity index (χ1) is 8.07. The molecule has 0 aliphatic heterocycles. The van der Waals surface area contributed by atoms with Crippen molar-refractivity contribution in [3.05, 3.63) is 26.7 Å². The molecule has 0 aromatic heterocycles. The van der Waals surface area contributed by atoms with Gasteiger partial charge in [-0.25, -0.2) is 0 Å². The van der Waals surface area contributed by atoms with Crippen LogP contribution in [0.3, 0.4) is 0 Å². The predicted octanol–water partition coefficient (Wildman–Crippen LogP) is 3.40. The van der Waals surface area contributed by atoms with E-state index in [1.165, 1.54) is 29.5 Å². The molecule has 0 spiro atoms. The average Bonchev–Trinajstić information content (AvgIpc) is 2.36. The Morgan fingerprint density at radius 1 is 1.29 bits per heavy atom. The molecular formula is C14H20BrNO. The lowest BCUT2D eigenvalue weighted by molar-refractivity contribution is 0.456. The molecule has 1 unspecified atom stereocenters. The van der Waals surface area contributed by atoms with Gasteiger partial charge in [-0.3, -0.25) is 0 Å². The van der Waals surface area contributed by atoms with Crippen molar-refractivity contribution in [2.24, 2.45) is 5.73 Å². The van der Waals surface area contributed by atoms with Crippen LogP contribution in [0.15, 0.2) is 4.47 Å². The van der Waals surface area contributed by atoms with E-state index in [2.05, 4.69) is 29.8 Å². The van der Waals surface area contributed by atoms with Gasteiger partial charge >= 0.3 is 0 Å². The molecule has 2 rings (SSSR count). The van der Waals surface area contributed by atoms with Gasteiger partial charge in [-0.15, -0.1) is 0 Å². The van der Waals surface area contributed by atoms with E-state index in [0.717, 1.165) is 22.9 Å². The van der Waals surface area contributed by atoms with E-state index in [0.29, 0.717) is 12.3 Å². The Morgan fingerprint density at radius 3 is 2.47 bits per heavy atom. The van der Waals surface area contributed by atoms with E-state index in [4.69, 9.17) is 5.73 Å². The molecule has 1 aliphatic carbocycles. The van der Waals surface area contributed by atoms with Crippen LogP contribution in [0.2, 0.25) is 0 Å². The minimum atomic E-state index is 0.207. The minimum absolute atomic E-state index is 0.207. The monoisotopic (exact) mass is 297 g/mol. The highest BCUT2D eigenvalue weighted by Gasteiger charge is 2.24. The lowest BCUT2D eigenvalue weighted by Crippen LogP contribution is -2.14. The highest BCUT2D eigenvalue weighted by molar-refractivity contribution is 9.10. The number of hydrogen-bond acceptors (Lipinski definition) is 2. The third-order valence-corrected chi connectivity index (χ3v) is 4.75. The van der Waals surface area contributed by atoms with Crippen LogP contribution in [-0.4, -0.2) is 11.7 Å². The summed E-state index contributed by atoms with van der Waals surface area (Å²) in [5.74, 6) is 0.611. The van der Waals surface area contributed by atoms with Gasteiger partial charge in [0.1, 0.15) is 5.75 Å². The maximum atomic E-state index is 10.3. The molecule has 1 atom stereocenters. The number of rotatable bonds is 2. The van der Waals surface area contributed by atoms with Crippen molar-refractivity contribution in [3.63, 3.8) is 0 Å². The predicted molar refractivity (Wildman–Crippen MR) is 74.7 cm³/mol. The zero-order chi connectivity index (χ0) is 12.6. The van der Waals surface area contributed by atoms with E-state index in [1.54, 1.807) is 0 Å². The van der Waals surface area contributed by atoms with E-state index in [9.17, 15) is 5.11 Å². The molecule has 2 nitrogen and oxygen atoms in total. The fraction of sp³-hybridized carbons (Fsp3) is 0.571. The Labute approximate surface area is 111 Å². The van der Waals surface area contributed by atoms with E-state index in [-0.39, 0.29) is 5.92 Å². The van der Waals surface area contributed by atoms with Crippen molar-refractivity contribution >= 4 is 15.9 Å². The zero-order valence-electron chi connectivity index (χ0n) is 10.5. The highest BCUT2D eigenvalue weighted by Crippen LogP contribution is 2.42. The summed E-state index contributed by atoms with van der Waals surface area (Å²) < 4.78 is 0.896. The van der Waals surface area contributed by atoms with Gasteiger partial charge in [0.05, 0.1) is 4.47 Å². The Bertz CT molecular complexity index is 443. The summed E-state index contributed by atoms with van der Waals surface area (Å²) >= 11 is 3.56. The van der Waals surface area contributed by atoms with Crippen LogP contribution < -0.4 is 5.73 Å². The van der Waals surface area contributed by atoms with Crippen molar-refractivity contribution in [2.45, 2.75) is 45.4 Å². The number of halogens is 1. The molecule has 17 heavy (non-hydrogen) atoms. The first-order valence-electron chi connectivity index (χ1n) is 6.30. The SMILES string of the molecule is Cc1c2c(c(Br)c(O)c1C(C)CN)CCCC2. The first kappa shape index (κ1) is 12.9. The summed E-state index contributed by atoms with van der Waals surface area (Å²) in [5.41, 5.74) is 10.7. The smallest absolute Gasteiger partial charge is 0.133 e. The average molecular weight is 298 g/mol. The summed E-state index contributed by atoms with van der Waals surface area (Å²) in [4.78, 5) is 0. The van der Waals surface area contributed by atoms with Crippen molar-refractivity contribution in [1.29, 1.82) is 0 Å². The Morgan fingerprint density at radius 2 is 1.88 bits per heavy atom. The molecule has 1 aromatic carbocycles. The molecule has 1 aromatic rings. The molecule has 0 fully saturated rings. The molecule has 0 heterocycles. The normalized spacial score (nSPS) is 16.7. The van der Waals surface area contributed by atoms with Crippen LogP contribution >= 0.6 is 15.9 Å². The highest BCUT2D eigenvalue weighted by atomic mass is 79.9. The van der Waals surface area contributed by atoms with Gasteiger partial charge in [0, 0.05) is 5.56 Å². The third-order valence-electron chi connectivity index (χ3n) is 3.90. The molecule has 1 aliphatic rings. The topological polar surface area (TPSA) is 46.2 Å². The molecule has 0 amide bonds. The van der Waals surface area contributed by atoms with Crippen molar-refractivity contribution in [1.82, 2.24) is 0 Å². The summed E-state index contributed by atoms with van der Waals surface area (Å²) in [7, 11) is 0. The molecular weight excluding hydrogens is 278 g/mol. The van der Waals surface area contributed by atoms with Crippen LogP contribution in [0.5, 0.6) is 5.75 Å². The van der Waals surface area contributed by atoms with Crippen LogP contribution in [0, 0.1) is 6.92 Å². The van der Waals surface area contributed by atoms with Gasteiger partial charge in [-0.05, 0) is 77.7 Å². The van der Waals surface area contributed by atoms with Gasteiger partial charge < -0.3 is 10.8 Å². The molecule has 3 heteroatoms. The number of benzene rings is 1. The number of phenols is 1. The molecule has 3 N–H and O–H groups in total. The van der Waals surface area contributed by atoms with Crippen molar-refractivity contribution in [2.75, 3.05) is 6.54 Å². The summed E-state index contributed by atoms with van der Waals surface area (Å²) in [5, 5.41) is 10.3. The Hall–Kier alpha value is -0.540. The fourth-order valence-corrected chi connectivity index (χ4v) is 3.53. The Balaban J connectivity index is 2.65. The van der Waals surface area contributed by atoms with Crippen LogP contribution in [0.25, 0.3) is 0 Å². The number of nitrogens with two attached hydrogens (primary N) is 1. The standard InChI is InChI=1S/C14H20BrNO/c1-8(7-16)12-9(2)10-5-3-4-6-11(10)13(15)14(12)17/h8,17H,3-7,16H2,1-2H3. The number of fused-ring (bicyclic) bond motifs is 1. The molecule has 0 bridgehead atoms. The van der Waals surface area contributed by atoms with Gasteiger partial charge in [0.2, 0.25) is 0 Å². The van der Waals surface area contributed by atoms with Gasteiger partial charge in [0.25, 0.3) is 0 Å². The van der Waals surface area contributed by atoms with Crippen molar-refractivity contribution in [3.8, 4) is 5.75 Å². The van der Waals surface area contributed by atoms with E-state index >= 15 is 0 Å². The molecule has 94 valence electrons. The Kier molecular flexibility index (Phi) is 3.79. The van der Waals surface area contributed by atoms with Crippen LogP contribution in [-0.2, 0) is 12.8 Å². The maximum Gasteiger partial charge on any atom is 0.133 e. The zero-order valence-corrected chi connectivity index (χ0v) is 12.1. The first-order valence-corrected chi connectivity index (χ1v) is 7.10. The molecule has 0 radical (unpaired) electrons. The van der Waals surface area contributed by atoms with Crippen molar-refractivity contribution < 1.29 is 5.11 Å². The minimum Gasteiger partial charge on any atom is -0.506 e. The second-order valence-electron chi connectivity index (χ2n) is 5.00. The van der Waals surface area contributed by atoms with E-state index < -0.39 is 0 Å². The van der Waals surface area contributed by atoms with Gasteiger partial charge in [-0.1, -0.05) is 6.92 Å². The summed E-state index contributed by atoms with van der Waals surface area (Å²) in [6.45, 7) is 4.77. The second-order valence-corrected chi connectivity index (χ2v) is 5.80. The molecule has 0 saturated heterocycles.